The van der Waals surface area contributed by atoms with Crippen molar-refractivity contribution in [3.8, 4) is 0 Å². The molecule has 0 radical (unpaired) electrons. The van der Waals surface area contributed by atoms with Crippen molar-refractivity contribution in [1.82, 2.24) is 0 Å². The summed E-state index contributed by atoms with van der Waals surface area (Å²) in [6, 6.07) is 12.2. The Kier molecular flexibility index (Phi) is 5.94. The molecule has 0 fully saturated rings. The molecule has 1 aliphatic heterocycles. The van der Waals surface area contributed by atoms with Gasteiger partial charge in [-0.3, -0.25) is 19.2 Å². The third-order valence-corrected chi connectivity index (χ3v) is 5.66. The van der Waals surface area contributed by atoms with Gasteiger partial charge in [0.2, 0.25) is 0 Å². The molecule has 6 nitrogen and oxygen atoms in total. The molecular weight excluding hydrogens is 380 g/mol. The highest BCUT2D eigenvalue weighted by Crippen LogP contribution is 2.34. The van der Waals surface area contributed by atoms with E-state index in [9.17, 15) is 19.2 Å². The van der Waals surface area contributed by atoms with E-state index in [1.807, 2.05) is 18.2 Å². The fourth-order valence-corrected chi connectivity index (χ4v) is 4.11. The van der Waals surface area contributed by atoms with Crippen molar-refractivity contribution in [3.63, 3.8) is 0 Å². The Morgan fingerprint density at radius 2 is 1.68 bits per heavy atom. The third-order valence-electron chi connectivity index (χ3n) is 4.55. The predicted octanol–water partition coefficient (Wildman–Crippen LogP) is 3.06. The number of Topliss-reactive ketones (excluding diaryl/α,β-unsaturated/α-hetero) is 1. The second kappa shape index (κ2) is 8.39. The summed E-state index contributed by atoms with van der Waals surface area (Å²) < 4.78 is 9.18. The van der Waals surface area contributed by atoms with Crippen LogP contribution >= 0.6 is 11.8 Å². The van der Waals surface area contributed by atoms with Crippen LogP contribution in [-0.2, 0) is 24.8 Å². The first-order valence-corrected chi connectivity index (χ1v) is 9.53. The zero-order valence-electron chi connectivity index (χ0n) is 15.4. The van der Waals surface area contributed by atoms with Crippen molar-refractivity contribution in [3.05, 3.63) is 64.7 Å². The molecule has 1 aliphatic rings. The van der Waals surface area contributed by atoms with Gasteiger partial charge in [0.1, 0.15) is 0 Å². The maximum atomic E-state index is 12.8. The lowest BCUT2D eigenvalue weighted by Crippen LogP contribution is -2.29. The molecule has 1 heterocycles. The lowest BCUT2D eigenvalue weighted by atomic mass is 9.95. The first kappa shape index (κ1) is 19.8. The summed E-state index contributed by atoms with van der Waals surface area (Å²) in [7, 11) is 2.29. The molecule has 28 heavy (non-hydrogen) atoms. The Bertz CT molecular complexity index is 949. The van der Waals surface area contributed by atoms with E-state index in [-0.39, 0.29) is 12.2 Å². The maximum Gasteiger partial charge on any atom is 0.320 e. The van der Waals surface area contributed by atoms with Gasteiger partial charge in [0.05, 0.1) is 14.2 Å². The molecule has 0 saturated carbocycles. The molecule has 7 heteroatoms. The van der Waals surface area contributed by atoms with E-state index in [2.05, 4.69) is 9.47 Å². The minimum atomic E-state index is -1.32. The highest BCUT2D eigenvalue weighted by molar-refractivity contribution is 7.98. The predicted molar refractivity (Wildman–Crippen MR) is 102 cm³/mol. The number of ether oxygens (including phenoxy) is 2. The van der Waals surface area contributed by atoms with Crippen LogP contribution in [0.2, 0.25) is 0 Å². The summed E-state index contributed by atoms with van der Waals surface area (Å²) in [5, 5.41) is 0. The Morgan fingerprint density at radius 1 is 1.00 bits per heavy atom. The van der Waals surface area contributed by atoms with Gasteiger partial charge in [0.25, 0.3) is 0 Å². The number of benzene rings is 2. The van der Waals surface area contributed by atoms with Crippen molar-refractivity contribution >= 4 is 35.3 Å². The SMILES string of the molecule is COC(=O)C(CC(=O)c1ccc2c(c1)SCc1ccccc1C2=O)C(=O)OC. The Labute approximate surface area is 166 Å². The normalized spacial score (nSPS) is 12.6. The van der Waals surface area contributed by atoms with Gasteiger partial charge in [0.15, 0.2) is 17.5 Å². The van der Waals surface area contributed by atoms with Gasteiger partial charge < -0.3 is 9.47 Å². The van der Waals surface area contributed by atoms with Crippen LogP contribution in [0, 0.1) is 5.92 Å². The van der Waals surface area contributed by atoms with E-state index >= 15 is 0 Å². The van der Waals surface area contributed by atoms with E-state index in [4.69, 9.17) is 0 Å². The summed E-state index contributed by atoms with van der Waals surface area (Å²) in [6.07, 6.45) is -0.364. The number of carbonyl (C=O) groups excluding carboxylic acids is 4. The van der Waals surface area contributed by atoms with Crippen LogP contribution in [0.25, 0.3) is 0 Å². The topological polar surface area (TPSA) is 86.7 Å². The maximum absolute atomic E-state index is 12.8. The quantitative estimate of drug-likeness (QED) is 0.435. The summed E-state index contributed by atoms with van der Waals surface area (Å²) in [6.45, 7) is 0. The van der Waals surface area contributed by atoms with E-state index in [1.165, 1.54) is 11.8 Å². The number of fused-ring (bicyclic) bond motifs is 2. The minimum absolute atomic E-state index is 0.0865. The van der Waals surface area contributed by atoms with E-state index in [1.54, 1.807) is 24.3 Å². The number of ketones is 2. The molecule has 0 spiro atoms. The molecule has 0 N–H and O–H groups in total. The molecule has 0 bridgehead atoms. The van der Waals surface area contributed by atoms with Crippen LogP contribution in [-0.4, -0.2) is 37.7 Å². The lowest BCUT2D eigenvalue weighted by molar-refractivity contribution is -0.158. The number of rotatable bonds is 5. The largest absolute Gasteiger partial charge is 0.468 e. The Morgan fingerprint density at radius 3 is 2.36 bits per heavy atom. The Hall–Kier alpha value is -2.93. The summed E-state index contributed by atoms with van der Waals surface area (Å²) in [5.41, 5.74) is 2.45. The first-order valence-electron chi connectivity index (χ1n) is 8.54. The number of esters is 2. The molecule has 144 valence electrons. The van der Waals surface area contributed by atoms with Gasteiger partial charge in [-0.05, 0) is 17.7 Å². The molecule has 0 unspecified atom stereocenters. The fraction of sp³-hybridized carbons (Fsp3) is 0.238. The molecule has 2 aromatic rings. The summed E-state index contributed by atoms with van der Waals surface area (Å²) in [4.78, 5) is 49.8. The van der Waals surface area contributed by atoms with Gasteiger partial charge in [-0.25, -0.2) is 0 Å². The zero-order chi connectivity index (χ0) is 20.3. The van der Waals surface area contributed by atoms with Crippen LogP contribution in [0.3, 0.4) is 0 Å². The lowest BCUT2D eigenvalue weighted by Gasteiger charge is -2.12. The van der Waals surface area contributed by atoms with Crippen LogP contribution < -0.4 is 0 Å². The molecule has 2 aromatic carbocycles. The second-order valence-corrected chi connectivity index (χ2v) is 7.23. The molecular formula is C21H18O6S. The monoisotopic (exact) mass is 398 g/mol. The Balaban J connectivity index is 1.88. The van der Waals surface area contributed by atoms with E-state index in [0.29, 0.717) is 27.3 Å². The van der Waals surface area contributed by atoms with Gasteiger partial charge in [0, 0.05) is 33.8 Å². The average molecular weight is 398 g/mol. The van der Waals surface area contributed by atoms with E-state index in [0.717, 1.165) is 19.8 Å². The van der Waals surface area contributed by atoms with Crippen LogP contribution in [0.1, 0.15) is 38.3 Å². The summed E-state index contributed by atoms with van der Waals surface area (Å²) >= 11 is 1.47. The van der Waals surface area contributed by atoms with Crippen molar-refractivity contribution < 1.29 is 28.7 Å². The highest BCUT2D eigenvalue weighted by atomic mass is 32.2. The standard InChI is InChI=1S/C21H18O6S/c1-26-20(24)16(21(25)27-2)10-17(22)12-7-8-15-18(9-12)28-11-13-5-3-4-6-14(13)19(15)23/h3-9,16H,10-11H2,1-2H3. The second-order valence-electron chi connectivity index (χ2n) is 6.21. The number of thioether (sulfide) groups is 1. The highest BCUT2D eigenvalue weighted by Gasteiger charge is 2.32. The number of hydrogen-bond donors (Lipinski definition) is 0. The average Bonchev–Trinajstić information content (AvgIpc) is 2.87. The zero-order valence-corrected chi connectivity index (χ0v) is 16.2. The number of carbonyl (C=O) groups is 4. The van der Waals surface area contributed by atoms with Crippen molar-refractivity contribution in [2.75, 3.05) is 14.2 Å². The molecule has 0 atom stereocenters. The van der Waals surface area contributed by atoms with Gasteiger partial charge in [-0.15, -0.1) is 11.8 Å². The van der Waals surface area contributed by atoms with Gasteiger partial charge in [-0.2, -0.15) is 0 Å². The molecule has 0 aromatic heterocycles. The third kappa shape index (κ3) is 3.84. The van der Waals surface area contributed by atoms with Crippen molar-refractivity contribution in [1.29, 1.82) is 0 Å². The van der Waals surface area contributed by atoms with Crippen molar-refractivity contribution in [2.24, 2.45) is 5.92 Å². The number of hydrogen-bond acceptors (Lipinski definition) is 7. The van der Waals surface area contributed by atoms with Gasteiger partial charge in [-0.1, -0.05) is 30.3 Å². The molecule has 0 aliphatic carbocycles. The summed E-state index contributed by atoms with van der Waals surface area (Å²) in [5.74, 6) is -2.85. The minimum Gasteiger partial charge on any atom is -0.468 e. The van der Waals surface area contributed by atoms with Crippen LogP contribution in [0.15, 0.2) is 47.4 Å². The van der Waals surface area contributed by atoms with Crippen LogP contribution in [0.4, 0.5) is 0 Å². The smallest absolute Gasteiger partial charge is 0.320 e. The molecule has 3 rings (SSSR count). The van der Waals surface area contributed by atoms with Gasteiger partial charge >= 0.3 is 11.9 Å². The number of methoxy groups -OCH3 is 2. The molecule has 0 saturated heterocycles. The molecule has 0 amide bonds. The fourth-order valence-electron chi connectivity index (χ4n) is 3.02. The van der Waals surface area contributed by atoms with E-state index < -0.39 is 23.6 Å². The van der Waals surface area contributed by atoms with Crippen LogP contribution in [0.5, 0.6) is 0 Å². The van der Waals surface area contributed by atoms with Crippen molar-refractivity contribution in [2.45, 2.75) is 17.1 Å². The first-order chi connectivity index (χ1) is 13.5.